The molecule has 0 radical (unpaired) electrons. The predicted molar refractivity (Wildman–Crippen MR) is 97.7 cm³/mol. The van der Waals surface area contributed by atoms with E-state index in [0.29, 0.717) is 18.5 Å². The molecule has 1 heterocycles. The fourth-order valence-electron chi connectivity index (χ4n) is 3.47. The molecule has 0 aliphatic carbocycles. The monoisotopic (exact) mass is 371 g/mol. The van der Waals surface area contributed by atoms with Crippen LogP contribution >= 0.6 is 0 Å². The van der Waals surface area contributed by atoms with E-state index in [2.05, 4.69) is 0 Å². The van der Waals surface area contributed by atoms with Gasteiger partial charge in [0.1, 0.15) is 5.82 Å². The largest absolute Gasteiger partial charge is 0.481 e. The minimum Gasteiger partial charge on any atom is -0.481 e. The molecule has 0 aromatic heterocycles. The summed E-state index contributed by atoms with van der Waals surface area (Å²) in [5.41, 5.74) is 1.30. The lowest BCUT2D eigenvalue weighted by molar-refractivity contribution is -0.146. The summed E-state index contributed by atoms with van der Waals surface area (Å²) in [5, 5.41) is 9.33. The number of aliphatic carboxylic acids is 1. The normalized spacial score (nSPS) is 20.9. The number of nitrogens with zero attached hydrogens (tertiary/aromatic N) is 1. The number of halogens is 1. The van der Waals surface area contributed by atoms with Crippen molar-refractivity contribution in [3.05, 3.63) is 71.0 Å². The number of carboxylic acid groups (broad SMARTS) is 1. The molecular formula is C21H22FNO4. The Morgan fingerprint density at radius 3 is 2.41 bits per heavy atom. The third-order valence-electron chi connectivity index (χ3n) is 5.11. The van der Waals surface area contributed by atoms with Crippen LogP contribution in [0.3, 0.4) is 0 Å². The number of ether oxygens (including phenoxy) is 1. The number of carboxylic acids is 1. The van der Waals surface area contributed by atoms with Gasteiger partial charge in [0.25, 0.3) is 0 Å². The highest BCUT2D eigenvalue weighted by atomic mass is 19.1. The van der Waals surface area contributed by atoms with Crippen LogP contribution in [0, 0.1) is 12.7 Å². The van der Waals surface area contributed by atoms with Gasteiger partial charge in [0.2, 0.25) is 0 Å². The Labute approximate surface area is 157 Å². The van der Waals surface area contributed by atoms with Gasteiger partial charge in [-0.05, 0) is 37.1 Å². The molecule has 1 fully saturated rings. The lowest BCUT2D eigenvalue weighted by atomic mass is 9.85. The van der Waals surface area contributed by atoms with E-state index in [1.165, 1.54) is 24.3 Å². The number of aryl methyl sites for hydroxylation is 1. The Bertz CT molecular complexity index is 834. The molecule has 0 bridgehead atoms. The Balaban J connectivity index is 1.85. The van der Waals surface area contributed by atoms with Gasteiger partial charge in [-0.1, -0.05) is 42.0 Å². The Morgan fingerprint density at radius 2 is 1.85 bits per heavy atom. The van der Waals surface area contributed by atoms with E-state index in [0.717, 1.165) is 11.1 Å². The maximum absolute atomic E-state index is 13.3. The van der Waals surface area contributed by atoms with Crippen LogP contribution in [-0.2, 0) is 15.1 Å². The molecule has 1 amide bonds. The summed E-state index contributed by atoms with van der Waals surface area (Å²) in [6, 6.07) is 13.1. The summed E-state index contributed by atoms with van der Waals surface area (Å²) in [5.74, 6) is -1.51. The second-order valence-electron chi connectivity index (χ2n) is 6.97. The van der Waals surface area contributed by atoms with E-state index in [1.807, 2.05) is 38.1 Å². The molecule has 2 aromatic rings. The highest BCUT2D eigenvalue weighted by Crippen LogP contribution is 2.39. The highest BCUT2D eigenvalue weighted by molar-refractivity contribution is 5.73. The molecule has 27 heavy (non-hydrogen) atoms. The molecule has 6 heteroatoms. The van der Waals surface area contributed by atoms with E-state index < -0.39 is 23.5 Å². The standard InChI is InChI=1S/C21H22FNO4/c1-14-3-5-16(6-4-14)15(2)23-12-11-21(13-19(24)25,27-20(23)26)17-7-9-18(22)10-8-17/h3-10,15H,11-13H2,1-2H3,(H,24,25). The summed E-state index contributed by atoms with van der Waals surface area (Å²) >= 11 is 0. The van der Waals surface area contributed by atoms with Crippen molar-refractivity contribution in [1.29, 1.82) is 0 Å². The first-order valence-electron chi connectivity index (χ1n) is 8.85. The molecule has 1 aliphatic rings. The van der Waals surface area contributed by atoms with E-state index in [4.69, 9.17) is 4.74 Å². The van der Waals surface area contributed by atoms with Gasteiger partial charge in [0.05, 0.1) is 12.5 Å². The number of hydrogen-bond donors (Lipinski definition) is 1. The summed E-state index contributed by atoms with van der Waals surface area (Å²) in [4.78, 5) is 25.8. The van der Waals surface area contributed by atoms with Gasteiger partial charge >= 0.3 is 12.1 Å². The SMILES string of the molecule is Cc1ccc(C(C)N2CCC(CC(=O)O)(c3ccc(F)cc3)OC2=O)cc1. The van der Waals surface area contributed by atoms with Crippen molar-refractivity contribution in [2.75, 3.05) is 6.54 Å². The van der Waals surface area contributed by atoms with E-state index >= 15 is 0 Å². The third kappa shape index (κ3) is 3.94. The molecular weight excluding hydrogens is 349 g/mol. The summed E-state index contributed by atoms with van der Waals surface area (Å²) in [6.45, 7) is 4.25. The molecule has 5 nitrogen and oxygen atoms in total. The van der Waals surface area contributed by atoms with Crippen LogP contribution in [-0.4, -0.2) is 28.6 Å². The van der Waals surface area contributed by atoms with Crippen molar-refractivity contribution in [2.45, 2.75) is 38.3 Å². The second-order valence-corrected chi connectivity index (χ2v) is 6.97. The fraction of sp³-hybridized carbons (Fsp3) is 0.333. The first-order chi connectivity index (χ1) is 12.8. The molecule has 1 saturated heterocycles. The maximum atomic E-state index is 13.3. The number of amides is 1. The smallest absolute Gasteiger partial charge is 0.411 e. The number of benzene rings is 2. The zero-order valence-corrected chi connectivity index (χ0v) is 15.3. The van der Waals surface area contributed by atoms with Gasteiger partial charge in [0.15, 0.2) is 5.60 Å². The highest BCUT2D eigenvalue weighted by Gasteiger charge is 2.45. The molecule has 2 atom stereocenters. The average molecular weight is 371 g/mol. The molecule has 2 unspecified atom stereocenters. The number of cyclic esters (lactones) is 1. The predicted octanol–water partition coefficient (Wildman–Crippen LogP) is 4.41. The average Bonchev–Trinajstić information content (AvgIpc) is 2.62. The second kappa shape index (κ2) is 7.39. The van der Waals surface area contributed by atoms with Gasteiger partial charge in [-0.2, -0.15) is 0 Å². The molecule has 1 N–H and O–H groups in total. The van der Waals surface area contributed by atoms with Crippen molar-refractivity contribution in [3.63, 3.8) is 0 Å². The van der Waals surface area contributed by atoms with Gasteiger partial charge in [0, 0.05) is 13.0 Å². The minimum absolute atomic E-state index is 0.200. The fourth-order valence-corrected chi connectivity index (χ4v) is 3.47. The first kappa shape index (κ1) is 18.9. The molecule has 0 saturated carbocycles. The lowest BCUT2D eigenvalue weighted by Crippen LogP contribution is -2.49. The van der Waals surface area contributed by atoms with Gasteiger partial charge in [-0.3, -0.25) is 4.79 Å². The number of carbonyl (C=O) groups excluding carboxylic acids is 1. The van der Waals surface area contributed by atoms with E-state index in [9.17, 15) is 19.1 Å². The van der Waals surface area contributed by atoms with Crippen LogP contribution < -0.4 is 0 Å². The molecule has 1 aliphatic heterocycles. The molecule has 0 spiro atoms. The number of rotatable bonds is 5. The zero-order chi connectivity index (χ0) is 19.6. The van der Waals surface area contributed by atoms with Crippen molar-refractivity contribution in [2.24, 2.45) is 0 Å². The zero-order valence-electron chi connectivity index (χ0n) is 15.3. The van der Waals surface area contributed by atoms with E-state index in [1.54, 1.807) is 4.90 Å². The Kier molecular flexibility index (Phi) is 5.17. The molecule has 2 aromatic carbocycles. The van der Waals surface area contributed by atoms with Crippen LogP contribution in [0.5, 0.6) is 0 Å². The summed E-state index contributed by atoms with van der Waals surface area (Å²) < 4.78 is 18.9. The summed E-state index contributed by atoms with van der Waals surface area (Å²) in [7, 11) is 0. The Hall–Kier alpha value is -2.89. The van der Waals surface area contributed by atoms with Crippen molar-refractivity contribution < 1.29 is 23.8 Å². The van der Waals surface area contributed by atoms with Crippen molar-refractivity contribution >= 4 is 12.1 Å². The van der Waals surface area contributed by atoms with Gasteiger partial charge in [-0.25, -0.2) is 9.18 Å². The molecule has 3 rings (SSSR count). The van der Waals surface area contributed by atoms with Crippen LogP contribution in [0.25, 0.3) is 0 Å². The van der Waals surface area contributed by atoms with Crippen LogP contribution in [0.15, 0.2) is 48.5 Å². The topological polar surface area (TPSA) is 66.8 Å². The van der Waals surface area contributed by atoms with Crippen molar-refractivity contribution in [3.8, 4) is 0 Å². The maximum Gasteiger partial charge on any atom is 0.411 e. The Morgan fingerprint density at radius 1 is 1.22 bits per heavy atom. The lowest BCUT2D eigenvalue weighted by Gasteiger charge is -2.42. The minimum atomic E-state index is -1.29. The summed E-state index contributed by atoms with van der Waals surface area (Å²) in [6.07, 6.45) is -0.621. The quantitative estimate of drug-likeness (QED) is 0.846. The third-order valence-corrected chi connectivity index (χ3v) is 5.11. The van der Waals surface area contributed by atoms with Gasteiger partial charge < -0.3 is 14.7 Å². The first-order valence-corrected chi connectivity index (χ1v) is 8.85. The van der Waals surface area contributed by atoms with Crippen LogP contribution in [0.1, 0.15) is 42.5 Å². The number of hydrogen-bond acceptors (Lipinski definition) is 3. The van der Waals surface area contributed by atoms with Crippen LogP contribution in [0.4, 0.5) is 9.18 Å². The van der Waals surface area contributed by atoms with Gasteiger partial charge in [-0.15, -0.1) is 0 Å². The van der Waals surface area contributed by atoms with Crippen LogP contribution in [0.2, 0.25) is 0 Å². The van der Waals surface area contributed by atoms with Crippen molar-refractivity contribution in [1.82, 2.24) is 4.90 Å². The van der Waals surface area contributed by atoms with E-state index in [-0.39, 0.29) is 12.5 Å². The number of carbonyl (C=O) groups is 2. The molecule has 142 valence electrons.